The van der Waals surface area contributed by atoms with Crippen molar-refractivity contribution in [2.75, 3.05) is 5.32 Å². The second kappa shape index (κ2) is 8.07. The van der Waals surface area contributed by atoms with E-state index in [0.717, 1.165) is 6.07 Å². The first kappa shape index (κ1) is 24.0. The number of nitrogens with zero attached hydrogens (tertiary/aromatic N) is 2. The van der Waals surface area contributed by atoms with E-state index in [0.29, 0.717) is 0 Å². The molecule has 30 heavy (non-hydrogen) atoms. The Hall–Kier alpha value is -2.32. The van der Waals surface area contributed by atoms with Gasteiger partial charge in [-0.15, -0.1) is 0 Å². The summed E-state index contributed by atoms with van der Waals surface area (Å²) in [6, 6.07) is 0.875. The molecule has 7 nitrogen and oxygen atoms in total. The molecular formula is C14H4BrCl2F6N3O4. The Bertz CT molecular complexity index is 1060. The number of benzene rings is 2. The van der Waals surface area contributed by atoms with E-state index >= 15 is 0 Å². The third-order valence-electron chi connectivity index (χ3n) is 3.52. The molecule has 2 aromatic rings. The summed E-state index contributed by atoms with van der Waals surface area (Å²) in [7, 11) is 0. The molecule has 0 aliphatic carbocycles. The number of alkyl halides is 6. The number of nitro benzene ring substituents is 2. The van der Waals surface area contributed by atoms with Crippen molar-refractivity contribution in [1.82, 2.24) is 0 Å². The van der Waals surface area contributed by atoms with Crippen LogP contribution in [0.25, 0.3) is 0 Å². The first-order valence-corrected chi connectivity index (χ1v) is 8.66. The average molecular weight is 543 g/mol. The molecule has 0 heterocycles. The SMILES string of the molecule is O=[N+]([O-])c1cc([N+](=O)[O-])c(Nc2c(Cl)cc(Cl)c(Br)c2C(F)(F)F)c(C(F)(F)F)c1. The number of rotatable bonds is 4. The zero-order chi connectivity index (χ0) is 23.2. The molecule has 0 aliphatic heterocycles. The van der Waals surface area contributed by atoms with Gasteiger partial charge in [0.15, 0.2) is 0 Å². The van der Waals surface area contributed by atoms with Gasteiger partial charge in [-0.2, -0.15) is 26.3 Å². The van der Waals surface area contributed by atoms with E-state index in [9.17, 15) is 46.6 Å². The molecule has 0 radical (unpaired) electrons. The Kier molecular flexibility index (Phi) is 6.45. The van der Waals surface area contributed by atoms with Gasteiger partial charge in [0.2, 0.25) is 0 Å². The van der Waals surface area contributed by atoms with Crippen molar-refractivity contribution in [2.45, 2.75) is 12.4 Å². The van der Waals surface area contributed by atoms with Crippen LogP contribution in [0.3, 0.4) is 0 Å². The van der Waals surface area contributed by atoms with Crippen LogP contribution < -0.4 is 5.32 Å². The Morgan fingerprint density at radius 1 is 0.867 bits per heavy atom. The first-order valence-electron chi connectivity index (χ1n) is 7.11. The van der Waals surface area contributed by atoms with Gasteiger partial charge in [-0.25, -0.2) is 0 Å². The molecule has 16 heteroatoms. The van der Waals surface area contributed by atoms with E-state index in [2.05, 4.69) is 15.9 Å². The molecule has 1 N–H and O–H groups in total. The Morgan fingerprint density at radius 3 is 1.87 bits per heavy atom. The summed E-state index contributed by atoms with van der Waals surface area (Å²) in [5.74, 6) is 0. The predicted octanol–water partition coefficient (Wildman–Crippen LogP) is 7.35. The van der Waals surface area contributed by atoms with Gasteiger partial charge in [0, 0.05) is 6.07 Å². The van der Waals surface area contributed by atoms with Crippen molar-refractivity contribution in [3.63, 3.8) is 0 Å². The van der Waals surface area contributed by atoms with E-state index in [-0.39, 0.29) is 12.1 Å². The highest BCUT2D eigenvalue weighted by molar-refractivity contribution is 9.10. The molecule has 0 saturated heterocycles. The Balaban J connectivity index is 2.92. The van der Waals surface area contributed by atoms with Gasteiger partial charge in [0.05, 0.1) is 47.2 Å². The lowest BCUT2D eigenvalue weighted by molar-refractivity contribution is -0.394. The third-order valence-corrected chi connectivity index (χ3v) is 5.17. The summed E-state index contributed by atoms with van der Waals surface area (Å²) in [6.07, 6.45) is -10.6. The van der Waals surface area contributed by atoms with Gasteiger partial charge in [-0.1, -0.05) is 23.2 Å². The minimum atomic E-state index is -5.41. The second-order valence-corrected chi connectivity index (χ2v) is 7.03. The fraction of sp³-hybridized carbons (Fsp3) is 0.143. The number of halogens is 9. The van der Waals surface area contributed by atoms with Gasteiger partial charge >= 0.3 is 12.4 Å². The van der Waals surface area contributed by atoms with Crippen LogP contribution in [-0.2, 0) is 12.4 Å². The maximum absolute atomic E-state index is 13.5. The van der Waals surface area contributed by atoms with Crippen LogP contribution >= 0.6 is 39.1 Å². The minimum absolute atomic E-state index is 0.0541. The summed E-state index contributed by atoms with van der Waals surface area (Å²) in [4.78, 5) is 19.4. The van der Waals surface area contributed by atoms with Gasteiger partial charge in [-0.05, 0) is 22.0 Å². The zero-order valence-corrected chi connectivity index (χ0v) is 16.8. The van der Waals surface area contributed by atoms with Crippen LogP contribution in [0.1, 0.15) is 11.1 Å². The monoisotopic (exact) mass is 541 g/mol. The Morgan fingerprint density at radius 2 is 1.43 bits per heavy atom. The average Bonchev–Trinajstić information content (AvgIpc) is 2.57. The molecule has 0 unspecified atom stereocenters. The quantitative estimate of drug-likeness (QED) is 0.188. The molecule has 0 atom stereocenters. The standard InChI is InChI=1S/C14H4BrCl2F6N3O4/c15-10-6(16)3-7(17)12(9(10)14(21,22)23)24-11-5(13(18,19)20)1-4(25(27)28)2-8(11)26(29)30/h1-3,24H. The van der Waals surface area contributed by atoms with Gasteiger partial charge in [0.25, 0.3) is 11.4 Å². The molecule has 162 valence electrons. The fourth-order valence-electron chi connectivity index (χ4n) is 2.33. The molecule has 0 aliphatic rings. The van der Waals surface area contributed by atoms with Crippen molar-refractivity contribution in [3.8, 4) is 0 Å². The topological polar surface area (TPSA) is 98.3 Å². The number of non-ortho nitro benzene ring substituents is 1. The van der Waals surface area contributed by atoms with Crippen molar-refractivity contribution in [3.05, 3.63) is 64.1 Å². The zero-order valence-electron chi connectivity index (χ0n) is 13.7. The largest absolute Gasteiger partial charge is 0.419 e. The number of nitrogens with one attached hydrogen (secondary N) is 1. The van der Waals surface area contributed by atoms with Crippen molar-refractivity contribution < 1.29 is 36.2 Å². The van der Waals surface area contributed by atoms with E-state index < -0.39 is 70.6 Å². The lowest BCUT2D eigenvalue weighted by Gasteiger charge is -2.20. The molecule has 2 rings (SSSR count). The summed E-state index contributed by atoms with van der Waals surface area (Å²) >= 11 is 13.9. The normalized spacial score (nSPS) is 12.0. The molecule has 0 amide bonds. The van der Waals surface area contributed by atoms with Gasteiger partial charge < -0.3 is 5.32 Å². The summed E-state index contributed by atoms with van der Waals surface area (Å²) in [5.41, 5.74) is -9.02. The van der Waals surface area contributed by atoms with Crippen LogP contribution in [0, 0.1) is 20.2 Å². The summed E-state index contributed by atoms with van der Waals surface area (Å²) in [5, 5.41) is 22.4. The van der Waals surface area contributed by atoms with Crippen molar-refractivity contribution in [2.24, 2.45) is 0 Å². The minimum Gasteiger partial charge on any atom is -0.348 e. The smallest absolute Gasteiger partial charge is 0.348 e. The molecule has 2 aromatic carbocycles. The molecule has 0 saturated carbocycles. The molecular weight excluding hydrogens is 539 g/mol. The number of anilines is 2. The van der Waals surface area contributed by atoms with Gasteiger partial charge in [0.1, 0.15) is 5.69 Å². The lowest BCUT2D eigenvalue weighted by Crippen LogP contribution is -2.15. The van der Waals surface area contributed by atoms with E-state index in [1.54, 1.807) is 5.32 Å². The Labute approximate surface area is 180 Å². The number of hydrogen-bond donors (Lipinski definition) is 1. The number of nitro groups is 2. The maximum Gasteiger partial charge on any atom is 0.419 e. The molecule has 0 spiro atoms. The summed E-state index contributed by atoms with van der Waals surface area (Å²) in [6.45, 7) is 0. The third kappa shape index (κ3) is 4.70. The lowest BCUT2D eigenvalue weighted by atomic mass is 10.1. The maximum atomic E-state index is 13.5. The highest BCUT2D eigenvalue weighted by atomic mass is 79.9. The number of hydrogen-bond acceptors (Lipinski definition) is 5. The highest BCUT2D eigenvalue weighted by Gasteiger charge is 2.42. The predicted molar refractivity (Wildman–Crippen MR) is 97.2 cm³/mol. The van der Waals surface area contributed by atoms with Crippen LogP contribution in [-0.4, -0.2) is 9.85 Å². The molecule has 0 bridgehead atoms. The second-order valence-electron chi connectivity index (χ2n) is 5.43. The van der Waals surface area contributed by atoms with Gasteiger partial charge in [-0.3, -0.25) is 20.2 Å². The van der Waals surface area contributed by atoms with E-state index in [4.69, 9.17) is 23.2 Å². The molecule has 0 aromatic heterocycles. The van der Waals surface area contributed by atoms with Crippen LogP contribution in [0.15, 0.2) is 22.7 Å². The first-order chi connectivity index (χ1) is 13.6. The van der Waals surface area contributed by atoms with Crippen LogP contribution in [0.4, 0.5) is 49.1 Å². The fourth-order valence-corrected chi connectivity index (χ4v) is 3.37. The van der Waals surface area contributed by atoms with Crippen molar-refractivity contribution >= 4 is 61.9 Å². The van der Waals surface area contributed by atoms with Crippen LogP contribution in [0.5, 0.6) is 0 Å². The summed E-state index contributed by atoms with van der Waals surface area (Å²) < 4.78 is 80.1. The van der Waals surface area contributed by atoms with Crippen LogP contribution in [0.2, 0.25) is 10.0 Å². The van der Waals surface area contributed by atoms with E-state index in [1.807, 2.05) is 0 Å². The highest BCUT2D eigenvalue weighted by Crippen LogP contribution is 2.50. The van der Waals surface area contributed by atoms with Crippen molar-refractivity contribution in [1.29, 1.82) is 0 Å². The van der Waals surface area contributed by atoms with E-state index in [1.165, 1.54) is 0 Å². The molecule has 0 fully saturated rings.